The number of nitrogens with zero attached hydrogens (tertiary/aromatic N) is 1. The molecular formula is C14H20N2O. The van der Waals surface area contributed by atoms with Gasteiger partial charge in [-0.2, -0.15) is 0 Å². The minimum absolute atomic E-state index is 0.0461. The van der Waals surface area contributed by atoms with Crippen molar-refractivity contribution in [1.29, 1.82) is 0 Å². The van der Waals surface area contributed by atoms with Crippen LogP contribution in [0.2, 0.25) is 0 Å². The Kier molecular flexibility index (Phi) is 3.69. The summed E-state index contributed by atoms with van der Waals surface area (Å²) >= 11 is 0. The summed E-state index contributed by atoms with van der Waals surface area (Å²) in [6.45, 7) is 0.813. The maximum absolute atomic E-state index is 6.27. The van der Waals surface area contributed by atoms with Crippen molar-refractivity contribution in [2.24, 2.45) is 5.73 Å². The molecule has 0 fully saturated rings. The monoisotopic (exact) mass is 232 g/mol. The van der Waals surface area contributed by atoms with E-state index in [0.29, 0.717) is 0 Å². The molecule has 0 radical (unpaired) electrons. The molecule has 3 nitrogen and oxygen atoms in total. The molecule has 0 amide bonds. The van der Waals surface area contributed by atoms with Crippen LogP contribution in [0.1, 0.15) is 24.4 Å². The predicted octanol–water partition coefficient (Wildman–Crippen LogP) is 2.45. The number of anilines is 1. The summed E-state index contributed by atoms with van der Waals surface area (Å²) in [6, 6.07) is 8.31. The molecule has 0 bridgehead atoms. The van der Waals surface area contributed by atoms with Gasteiger partial charge in [0.1, 0.15) is 0 Å². The van der Waals surface area contributed by atoms with Gasteiger partial charge in [0, 0.05) is 19.8 Å². The molecule has 2 N–H and O–H groups in total. The molecule has 17 heavy (non-hydrogen) atoms. The van der Waals surface area contributed by atoms with Crippen LogP contribution in [0.4, 0.5) is 5.69 Å². The summed E-state index contributed by atoms with van der Waals surface area (Å²) in [4.78, 5) is 2.09. The zero-order valence-corrected chi connectivity index (χ0v) is 10.5. The summed E-state index contributed by atoms with van der Waals surface area (Å²) in [5, 5.41) is 0. The molecule has 1 aromatic carbocycles. The van der Waals surface area contributed by atoms with E-state index in [4.69, 9.17) is 10.5 Å². The van der Waals surface area contributed by atoms with Crippen molar-refractivity contribution in [2.45, 2.75) is 18.9 Å². The lowest BCUT2D eigenvalue weighted by molar-refractivity contribution is 0.221. The van der Waals surface area contributed by atoms with E-state index in [1.54, 1.807) is 0 Å². The topological polar surface area (TPSA) is 38.5 Å². The molecule has 1 aromatic rings. The average Bonchev–Trinajstić information content (AvgIpc) is 2.39. The van der Waals surface area contributed by atoms with Crippen LogP contribution in [0.15, 0.2) is 36.1 Å². The van der Waals surface area contributed by atoms with Crippen molar-refractivity contribution in [2.75, 3.05) is 25.6 Å². The standard InChI is InChI=1S/C14H20N2O/c1-16(2)13-7-3-5-11(9-13)14(15)12-6-4-8-17-10-12/h3,5,7,9-10,14H,4,6,8,15H2,1-2H3. The molecule has 1 atom stereocenters. The van der Waals surface area contributed by atoms with E-state index in [2.05, 4.69) is 29.2 Å². The highest BCUT2D eigenvalue weighted by molar-refractivity contribution is 5.48. The van der Waals surface area contributed by atoms with Gasteiger partial charge in [0.05, 0.1) is 18.9 Å². The number of hydrogen-bond donors (Lipinski definition) is 1. The van der Waals surface area contributed by atoms with Gasteiger partial charge in [0.25, 0.3) is 0 Å². The van der Waals surface area contributed by atoms with Crippen molar-refractivity contribution in [3.63, 3.8) is 0 Å². The third-order valence-corrected chi connectivity index (χ3v) is 3.11. The fourth-order valence-electron chi connectivity index (χ4n) is 2.02. The van der Waals surface area contributed by atoms with Crippen LogP contribution in [0.5, 0.6) is 0 Å². The van der Waals surface area contributed by atoms with Crippen molar-refractivity contribution < 1.29 is 4.74 Å². The van der Waals surface area contributed by atoms with E-state index >= 15 is 0 Å². The molecule has 92 valence electrons. The average molecular weight is 232 g/mol. The van der Waals surface area contributed by atoms with Crippen LogP contribution in [-0.2, 0) is 4.74 Å². The number of benzene rings is 1. The van der Waals surface area contributed by atoms with E-state index in [1.165, 1.54) is 11.3 Å². The lowest BCUT2D eigenvalue weighted by Gasteiger charge is -2.21. The second-order valence-corrected chi connectivity index (χ2v) is 4.63. The third kappa shape index (κ3) is 2.80. The summed E-state index contributed by atoms with van der Waals surface area (Å²) < 4.78 is 5.35. The summed E-state index contributed by atoms with van der Waals surface area (Å²) in [6.07, 6.45) is 3.93. The fraction of sp³-hybridized carbons (Fsp3) is 0.429. The largest absolute Gasteiger partial charge is 0.501 e. The molecule has 0 aromatic heterocycles. The first kappa shape index (κ1) is 12.0. The van der Waals surface area contributed by atoms with Gasteiger partial charge in [0.15, 0.2) is 0 Å². The Labute approximate surface area is 103 Å². The van der Waals surface area contributed by atoms with Crippen molar-refractivity contribution in [3.8, 4) is 0 Å². The molecule has 1 aliphatic heterocycles. The van der Waals surface area contributed by atoms with Crippen LogP contribution in [0.25, 0.3) is 0 Å². The van der Waals surface area contributed by atoms with E-state index in [1.807, 2.05) is 20.4 Å². The summed E-state index contributed by atoms with van der Waals surface area (Å²) in [7, 11) is 4.07. The van der Waals surface area contributed by atoms with Crippen LogP contribution >= 0.6 is 0 Å². The first-order valence-electron chi connectivity index (χ1n) is 6.02. The summed E-state index contributed by atoms with van der Waals surface area (Å²) in [5.41, 5.74) is 9.78. The first-order valence-corrected chi connectivity index (χ1v) is 6.02. The van der Waals surface area contributed by atoms with Gasteiger partial charge < -0.3 is 15.4 Å². The lowest BCUT2D eigenvalue weighted by Crippen LogP contribution is -2.17. The quantitative estimate of drug-likeness (QED) is 0.870. The Hall–Kier alpha value is -1.48. The van der Waals surface area contributed by atoms with E-state index < -0.39 is 0 Å². The first-order chi connectivity index (χ1) is 8.18. The van der Waals surface area contributed by atoms with Gasteiger partial charge in [-0.1, -0.05) is 12.1 Å². The Morgan fingerprint density at radius 2 is 2.18 bits per heavy atom. The lowest BCUT2D eigenvalue weighted by atomic mass is 9.96. The molecule has 3 heteroatoms. The second kappa shape index (κ2) is 5.23. The molecule has 0 saturated carbocycles. The molecule has 0 spiro atoms. The Morgan fingerprint density at radius 3 is 2.82 bits per heavy atom. The Bertz CT molecular complexity index is 412. The highest BCUT2D eigenvalue weighted by atomic mass is 16.5. The predicted molar refractivity (Wildman–Crippen MR) is 71.0 cm³/mol. The van der Waals surface area contributed by atoms with Crippen molar-refractivity contribution in [3.05, 3.63) is 41.7 Å². The third-order valence-electron chi connectivity index (χ3n) is 3.11. The van der Waals surface area contributed by atoms with Crippen LogP contribution in [0.3, 0.4) is 0 Å². The maximum atomic E-state index is 6.27. The SMILES string of the molecule is CN(C)c1cccc(C(N)C2=COCCC2)c1. The van der Waals surface area contributed by atoms with E-state index in [0.717, 1.165) is 25.0 Å². The molecule has 1 aliphatic rings. The van der Waals surface area contributed by atoms with Gasteiger partial charge in [0.2, 0.25) is 0 Å². The highest BCUT2D eigenvalue weighted by Gasteiger charge is 2.15. The smallest absolute Gasteiger partial charge is 0.0876 e. The van der Waals surface area contributed by atoms with Crippen molar-refractivity contribution in [1.82, 2.24) is 0 Å². The number of nitrogens with two attached hydrogens (primary N) is 1. The van der Waals surface area contributed by atoms with Crippen LogP contribution in [0, 0.1) is 0 Å². The van der Waals surface area contributed by atoms with E-state index in [-0.39, 0.29) is 6.04 Å². The zero-order chi connectivity index (χ0) is 12.3. The normalized spacial score (nSPS) is 17.0. The van der Waals surface area contributed by atoms with Crippen LogP contribution in [-0.4, -0.2) is 20.7 Å². The molecule has 0 aliphatic carbocycles. The summed E-state index contributed by atoms with van der Waals surface area (Å²) in [5.74, 6) is 0. The van der Waals surface area contributed by atoms with Crippen LogP contribution < -0.4 is 10.6 Å². The van der Waals surface area contributed by atoms with Crippen molar-refractivity contribution >= 4 is 5.69 Å². The van der Waals surface area contributed by atoms with Gasteiger partial charge >= 0.3 is 0 Å². The minimum atomic E-state index is -0.0461. The van der Waals surface area contributed by atoms with Gasteiger partial charge in [-0.25, -0.2) is 0 Å². The Morgan fingerprint density at radius 1 is 1.35 bits per heavy atom. The number of hydrogen-bond acceptors (Lipinski definition) is 3. The van der Waals surface area contributed by atoms with Gasteiger partial charge in [-0.05, 0) is 36.1 Å². The molecule has 1 heterocycles. The van der Waals surface area contributed by atoms with Gasteiger partial charge in [-0.3, -0.25) is 0 Å². The van der Waals surface area contributed by atoms with E-state index in [9.17, 15) is 0 Å². The second-order valence-electron chi connectivity index (χ2n) is 4.63. The molecule has 1 unspecified atom stereocenters. The van der Waals surface area contributed by atoms with Gasteiger partial charge in [-0.15, -0.1) is 0 Å². The Balaban J connectivity index is 2.21. The fourth-order valence-corrected chi connectivity index (χ4v) is 2.02. The molecule has 2 rings (SSSR count). The number of rotatable bonds is 3. The maximum Gasteiger partial charge on any atom is 0.0876 e. The highest BCUT2D eigenvalue weighted by Crippen LogP contribution is 2.27. The molecule has 0 saturated heterocycles. The molecular weight excluding hydrogens is 212 g/mol. The minimum Gasteiger partial charge on any atom is -0.501 e. The number of ether oxygens (including phenoxy) is 1. The zero-order valence-electron chi connectivity index (χ0n) is 10.5.